The number of rotatable bonds is 4. The Hall–Kier alpha value is -3.47. The van der Waals surface area contributed by atoms with Crippen LogP contribution in [0.15, 0.2) is 78.4 Å². The van der Waals surface area contributed by atoms with Crippen LogP contribution in [0.1, 0.15) is 25.0 Å². The molecule has 2 aromatic carbocycles. The lowest BCUT2D eigenvalue weighted by Crippen LogP contribution is -2.60. The highest BCUT2D eigenvalue weighted by atomic mass is 16.5. The van der Waals surface area contributed by atoms with E-state index in [9.17, 15) is 14.4 Å². The molecule has 5 heteroatoms. The zero-order valence-corrected chi connectivity index (χ0v) is 18.6. The van der Waals surface area contributed by atoms with Crippen LogP contribution in [0.4, 0.5) is 0 Å². The van der Waals surface area contributed by atoms with Crippen molar-refractivity contribution in [3.63, 3.8) is 0 Å². The smallest absolute Gasteiger partial charge is 0.341 e. The van der Waals surface area contributed by atoms with Crippen molar-refractivity contribution in [3.05, 3.63) is 89.5 Å². The number of hydrogen-bond donors (Lipinski definition) is 0. The number of hydrogen-bond acceptors (Lipinski definition) is 5. The molecule has 2 aromatic rings. The van der Waals surface area contributed by atoms with Crippen LogP contribution >= 0.6 is 0 Å². The number of esters is 2. The highest BCUT2D eigenvalue weighted by molar-refractivity contribution is 6.35. The molecular weight excluding hydrogens is 404 g/mol. The van der Waals surface area contributed by atoms with Crippen LogP contribution in [0.2, 0.25) is 0 Å². The summed E-state index contributed by atoms with van der Waals surface area (Å²) in [6.45, 7) is 3.81. The molecule has 5 nitrogen and oxygen atoms in total. The van der Waals surface area contributed by atoms with Gasteiger partial charge in [0.25, 0.3) is 0 Å². The maximum atomic E-state index is 14.3. The fraction of sp³-hybridized carbons (Fsp3) is 0.296. The van der Waals surface area contributed by atoms with Crippen molar-refractivity contribution in [1.29, 1.82) is 0 Å². The minimum atomic E-state index is -1.65. The molecule has 0 radical (unpaired) electrons. The minimum Gasteiger partial charge on any atom is -0.468 e. The summed E-state index contributed by atoms with van der Waals surface area (Å²) in [7, 11) is 2.53. The number of carbonyl (C=O) groups is 3. The van der Waals surface area contributed by atoms with Crippen LogP contribution in [0.25, 0.3) is 5.57 Å². The first kappa shape index (κ1) is 21.8. The normalized spacial score (nSPS) is 28.9. The predicted molar refractivity (Wildman–Crippen MR) is 120 cm³/mol. The van der Waals surface area contributed by atoms with Gasteiger partial charge in [0.2, 0.25) is 0 Å². The van der Waals surface area contributed by atoms with Gasteiger partial charge in [0.1, 0.15) is 5.57 Å². The molecule has 0 heterocycles. The lowest BCUT2D eigenvalue weighted by molar-refractivity contribution is -0.164. The summed E-state index contributed by atoms with van der Waals surface area (Å²) in [6, 6.07) is 18.8. The topological polar surface area (TPSA) is 69.7 Å². The first-order chi connectivity index (χ1) is 15.4. The summed E-state index contributed by atoms with van der Waals surface area (Å²) in [6.07, 6.45) is 3.90. The van der Waals surface area contributed by atoms with Crippen molar-refractivity contribution < 1.29 is 23.9 Å². The monoisotopic (exact) mass is 430 g/mol. The van der Waals surface area contributed by atoms with Gasteiger partial charge >= 0.3 is 11.9 Å². The second-order valence-corrected chi connectivity index (χ2v) is 8.37. The molecule has 0 amide bonds. The molecule has 0 saturated heterocycles. The Balaban J connectivity index is 2.26. The second-order valence-electron chi connectivity index (χ2n) is 8.37. The number of ether oxygens (including phenoxy) is 2. The standard InChI is InChI=1S/C27H26O5/c1-17-15-16-18(2)27(25(30)32-4)23(28)21(24(29)31-3)22(19-11-7-5-8-12-19)26(17,27)20-13-9-6-10-14-20/h5-18H,1-4H3/t17-,18-,26-,27-/m0/s1. The summed E-state index contributed by atoms with van der Waals surface area (Å²) >= 11 is 0. The van der Waals surface area contributed by atoms with Crippen LogP contribution < -0.4 is 0 Å². The summed E-state index contributed by atoms with van der Waals surface area (Å²) in [5, 5.41) is 0. The maximum Gasteiger partial charge on any atom is 0.341 e. The van der Waals surface area contributed by atoms with Gasteiger partial charge in [0.05, 0.1) is 19.6 Å². The van der Waals surface area contributed by atoms with Gasteiger partial charge in [-0.1, -0.05) is 86.7 Å². The largest absolute Gasteiger partial charge is 0.468 e. The molecular formula is C27H26O5. The third-order valence-corrected chi connectivity index (χ3v) is 7.09. The number of methoxy groups -OCH3 is 2. The first-order valence-electron chi connectivity index (χ1n) is 10.6. The number of allylic oxidation sites excluding steroid dienone is 3. The molecule has 164 valence electrons. The third-order valence-electron chi connectivity index (χ3n) is 7.09. The molecule has 0 N–H and O–H groups in total. The van der Waals surface area contributed by atoms with Crippen molar-refractivity contribution >= 4 is 23.3 Å². The predicted octanol–water partition coefficient (Wildman–Crippen LogP) is 4.14. The molecule has 0 aliphatic heterocycles. The number of carbonyl (C=O) groups excluding carboxylic acids is 3. The van der Waals surface area contributed by atoms with E-state index < -0.39 is 34.5 Å². The van der Waals surface area contributed by atoms with Crippen LogP contribution in [0.5, 0.6) is 0 Å². The molecule has 4 rings (SSSR count). The van der Waals surface area contributed by atoms with E-state index in [0.29, 0.717) is 11.1 Å². The average molecular weight is 431 g/mol. The summed E-state index contributed by atoms with van der Waals surface area (Å²) in [5.41, 5.74) is -0.903. The van der Waals surface area contributed by atoms with Crippen LogP contribution in [-0.4, -0.2) is 31.9 Å². The Kier molecular flexibility index (Phi) is 5.37. The van der Waals surface area contributed by atoms with Gasteiger partial charge < -0.3 is 9.47 Å². The van der Waals surface area contributed by atoms with Gasteiger partial charge in [-0.25, -0.2) is 4.79 Å². The SMILES string of the molecule is COC(=O)C1=C(c2ccccc2)[C@@]2(c3ccccc3)[C@@H](C)C=C[C@H](C)[C@@]2(C(=O)OC)C1=O. The molecule has 2 aliphatic carbocycles. The minimum absolute atomic E-state index is 0.0876. The molecule has 2 aliphatic rings. The Labute approximate surface area is 187 Å². The number of ketones is 1. The molecule has 32 heavy (non-hydrogen) atoms. The highest BCUT2D eigenvalue weighted by Crippen LogP contribution is 2.67. The Bertz CT molecular complexity index is 1130. The van der Waals surface area contributed by atoms with E-state index in [-0.39, 0.29) is 11.5 Å². The van der Waals surface area contributed by atoms with Gasteiger partial charge in [-0.3, -0.25) is 9.59 Å². The van der Waals surface area contributed by atoms with Crippen molar-refractivity contribution in [2.24, 2.45) is 17.3 Å². The van der Waals surface area contributed by atoms with Crippen molar-refractivity contribution in [2.45, 2.75) is 19.3 Å². The molecule has 0 spiro atoms. The first-order valence-corrected chi connectivity index (χ1v) is 10.6. The fourth-order valence-electron chi connectivity index (χ4n) is 5.87. The lowest BCUT2D eigenvalue weighted by Gasteiger charge is -2.52. The van der Waals surface area contributed by atoms with Gasteiger partial charge in [0.15, 0.2) is 11.2 Å². The van der Waals surface area contributed by atoms with Crippen molar-refractivity contribution in [3.8, 4) is 0 Å². The van der Waals surface area contributed by atoms with Gasteiger partial charge in [-0.2, -0.15) is 0 Å². The van der Waals surface area contributed by atoms with E-state index >= 15 is 0 Å². The molecule has 0 fully saturated rings. The fourth-order valence-corrected chi connectivity index (χ4v) is 5.87. The average Bonchev–Trinajstić information content (AvgIpc) is 3.09. The highest BCUT2D eigenvalue weighted by Gasteiger charge is 2.74. The molecule has 0 aromatic heterocycles. The molecule has 4 atom stereocenters. The van der Waals surface area contributed by atoms with Gasteiger partial charge in [-0.05, 0) is 28.5 Å². The van der Waals surface area contributed by atoms with Crippen LogP contribution in [-0.2, 0) is 29.3 Å². The molecule has 0 saturated carbocycles. The maximum absolute atomic E-state index is 14.3. The van der Waals surface area contributed by atoms with E-state index in [0.717, 1.165) is 5.56 Å². The van der Waals surface area contributed by atoms with Gasteiger partial charge in [0, 0.05) is 0 Å². The summed E-state index contributed by atoms with van der Waals surface area (Å²) < 4.78 is 10.4. The molecule has 0 unspecified atom stereocenters. The van der Waals surface area contributed by atoms with Crippen molar-refractivity contribution in [2.75, 3.05) is 14.2 Å². The number of Topliss-reactive ketones (excluding diaryl/α,β-unsaturated/α-hetero) is 1. The van der Waals surface area contributed by atoms with E-state index in [4.69, 9.17) is 9.47 Å². The summed E-state index contributed by atoms with van der Waals surface area (Å²) in [4.78, 5) is 41.1. The zero-order chi connectivity index (χ0) is 23.1. The van der Waals surface area contributed by atoms with E-state index in [1.807, 2.05) is 86.7 Å². The number of benzene rings is 2. The van der Waals surface area contributed by atoms with E-state index in [2.05, 4.69) is 0 Å². The Morgan fingerprint density at radius 2 is 1.38 bits per heavy atom. The lowest BCUT2D eigenvalue weighted by atomic mass is 9.47. The van der Waals surface area contributed by atoms with E-state index in [1.165, 1.54) is 14.2 Å². The zero-order valence-electron chi connectivity index (χ0n) is 18.6. The quantitative estimate of drug-likeness (QED) is 0.316. The Morgan fingerprint density at radius 1 is 0.812 bits per heavy atom. The van der Waals surface area contributed by atoms with Crippen molar-refractivity contribution in [1.82, 2.24) is 0 Å². The third kappa shape index (κ3) is 2.54. The van der Waals surface area contributed by atoms with Crippen LogP contribution in [0, 0.1) is 17.3 Å². The van der Waals surface area contributed by atoms with Gasteiger partial charge in [-0.15, -0.1) is 0 Å². The second kappa shape index (κ2) is 7.90. The van der Waals surface area contributed by atoms with Crippen LogP contribution in [0.3, 0.4) is 0 Å². The summed E-state index contributed by atoms with van der Waals surface area (Å²) in [5.74, 6) is -2.76. The Morgan fingerprint density at radius 3 is 1.94 bits per heavy atom. The molecule has 0 bridgehead atoms. The number of fused-ring (bicyclic) bond motifs is 1. The van der Waals surface area contributed by atoms with E-state index in [1.54, 1.807) is 0 Å².